The van der Waals surface area contributed by atoms with Crippen LogP contribution in [0.3, 0.4) is 0 Å². The van der Waals surface area contributed by atoms with E-state index in [9.17, 15) is 0 Å². The van der Waals surface area contributed by atoms with Crippen LogP contribution in [0, 0.1) is 0 Å². The van der Waals surface area contributed by atoms with Gasteiger partial charge in [0.1, 0.15) is 0 Å². The fourth-order valence-electron chi connectivity index (χ4n) is 1.39. The second-order valence-electron chi connectivity index (χ2n) is 3.41. The van der Waals surface area contributed by atoms with Gasteiger partial charge in [-0.2, -0.15) is 4.37 Å². The molecule has 0 radical (unpaired) electrons. The van der Waals surface area contributed by atoms with E-state index < -0.39 is 0 Å². The Morgan fingerprint density at radius 3 is 2.76 bits per heavy atom. The van der Waals surface area contributed by atoms with Crippen LogP contribution in [0.2, 0.25) is 5.02 Å². The SMILES string of the molecule is COc1c(N)nsc1NCc1ccc(Cl)cc1. The Bertz CT molecular complexity index is 498. The number of nitrogens with two attached hydrogens (primary N) is 1. The molecule has 6 heteroatoms. The summed E-state index contributed by atoms with van der Waals surface area (Å²) in [5.41, 5.74) is 6.79. The Kier molecular flexibility index (Phi) is 3.71. The van der Waals surface area contributed by atoms with Crippen LogP contribution in [0.4, 0.5) is 10.8 Å². The lowest BCUT2D eigenvalue weighted by atomic mass is 10.2. The Balaban J connectivity index is 2.04. The number of anilines is 2. The van der Waals surface area contributed by atoms with Crippen LogP contribution in [-0.2, 0) is 6.54 Å². The Hall–Kier alpha value is -1.46. The second kappa shape index (κ2) is 5.25. The minimum Gasteiger partial charge on any atom is -0.490 e. The van der Waals surface area contributed by atoms with Crippen LogP contribution in [0.25, 0.3) is 0 Å². The quantitative estimate of drug-likeness (QED) is 0.896. The van der Waals surface area contributed by atoms with Gasteiger partial charge in [0.2, 0.25) is 0 Å². The van der Waals surface area contributed by atoms with E-state index in [2.05, 4.69) is 9.69 Å². The van der Waals surface area contributed by atoms with Gasteiger partial charge in [-0.1, -0.05) is 23.7 Å². The van der Waals surface area contributed by atoms with E-state index in [1.807, 2.05) is 24.3 Å². The molecule has 90 valence electrons. The molecular weight excluding hydrogens is 258 g/mol. The number of benzene rings is 1. The smallest absolute Gasteiger partial charge is 0.197 e. The molecule has 2 rings (SSSR count). The number of nitrogen functional groups attached to an aromatic ring is 1. The van der Waals surface area contributed by atoms with Gasteiger partial charge < -0.3 is 15.8 Å². The molecule has 0 bridgehead atoms. The number of hydrogen-bond acceptors (Lipinski definition) is 5. The number of rotatable bonds is 4. The highest BCUT2D eigenvalue weighted by atomic mass is 35.5. The van der Waals surface area contributed by atoms with Gasteiger partial charge in [-0.3, -0.25) is 0 Å². The topological polar surface area (TPSA) is 60.2 Å². The molecule has 0 saturated carbocycles. The monoisotopic (exact) mass is 269 g/mol. The molecule has 0 spiro atoms. The van der Waals surface area contributed by atoms with Crippen LogP contribution in [0.15, 0.2) is 24.3 Å². The lowest BCUT2D eigenvalue weighted by Gasteiger charge is -2.06. The molecule has 0 unspecified atom stereocenters. The van der Waals surface area contributed by atoms with Crippen LogP contribution < -0.4 is 15.8 Å². The molecule has 3 N–H and O–H groups in total. The Morgan fingerprint density at radius 1 is 1.41 bits per heavy atom. The van der Waals surface area contributed by atoms with Crippen molar-refractivity contribution in [1.82, 2.24) is 4.37 Å². The highest BCUT2D eigenvalue weighted by Crippen LogP contribution is 2.34. The van der Waals surface area contributed by atoms with Crippen molar-refractivity contribution in [3.63, 3.8) is 0 Å². The highest BCUT2D eigenvalue weighted by molar-refractivity contribution is 7.11. The Labute approximate surface area is 109 Å². The first-order chi connectivity index (χ1) is 8.20. The highest BCUT2D eigenvalue weighted by Gasteiger charge is 2.10. The number of halogens is 1. The normalized spacial score (nSPS) is 10.2. The van der Waals surface area contributed by atoms with Crippen molar-refractivity contribution >= 4 is 34.0 Å². The third kappa shape index (κ3) is 2.81. The average Bonchev–Trinajstić information content (AvgIpc) is 2.69. The molecular formula is C11H12ClN3OS. The van der Waals surface area contributed by atoms with Gasteiger partial charge >= 0.3 is 0 Å². The first kappa shape index (κ1) is 12.0. The number of aromatic nitrogens is 1. The maximum Gasteiger partial charge on any atom is 0.197 e. The zero-order valence-electron chi connectivity index (χ0n) is 9.24. The molecule has 4 nitrogen and oxygen atoms in total. The molecule has 1 aromatic heterocycles. The predicted octanol–water partition coefficient (Wildman–Crippen LogP) is 3.00. The molecule has 2 aromatic rings. The second-order valence-corrected chi connectivity index (χ2v) is 4.62. The van der Waals surface area contributed by atoms with Crippen molar-refractivity contribution in [2.75, 3.05) is 18.2 Å². The lowest BCUT2D eigenvalue weighted by molar-refractivity contribution is 0.419. The zero-order chi connectivity index (χ0) is 12.3. The van der Waals surface area contributed by atoms with Crippen molar-refractivity contribution in [1.29, 1.82) is 0 Å². The van der Waals surface area contributed by atoms with E-state index in [1.54, 1.807) is 7.11 Å². The fraction of sp³-hybridized carbons (Fsp3) is 0.182. The third-order valence-electron chi connectivity index (χ3n) is 2.24. The summed E-state index contributed by atoms with van der Waals surface area (Å²) >= 11 is 7.10. The summed E-state index contributed by atoms with van der Waals surface area (Å²) in [7, 11) is 1.58. The van der Waals surface area contributed by atoms with Gasteiger partial charge in [0.25, 0.3) is 0 Å². The van der Waals surface area contributed by atoms with E-state index >= 15 is 0 Å². The molecule has 0 amide bonds. The van der Waals surface area contributed by atoms with Gasteiger partial charge in [-0.05, 0) is 29.2 Å². The van der Waals surface area contributed by atoms with Gasteiger partial charge in [0, 0.05) is 11.6 Å². The molecule has 0 aliphatic rings. The van der Waals surface area contributed by atoms with Crippen molar-refractivity contribution < 1.29 is 4.74 Å². The van der Waals surface area contributed by atoms with Gasteiger partial charge in [0.05, 0.1) is 7.11 Å². The minimum absolute atomic E-state index is 0.413. The van der Waals surface area contributed by atoms with Crippen molar-refractivity contribution in [2.24, 2.45) is 0 Å². The van der Waals surface area contributed by atoms with E-state index in [4.69, 9.17) is 22.1 Å². The van der Waals surface area contributed by atoms with Crippen LogP contribution in [-0.4, -0.2) is 11.5 Å². The molecule has 1 aromatic carbocycles. The minimum atomic E-state index is 0.413. The fourth-order valence-corrected chi connectivity index (χ4v) is 2.19. The van der Waals surface area contributed by atoms with Gasteiger partial charge in [-0.15, -0.1) is 0 Å². The summed E-state index contributed by atoms with van der Waals surface area (Å²) < 4.78 is 9.19. The summed E-state index contributed by atoms with van der Waals surface area (Å²) in [6, 6.07) is 7.64. The van der Waals surface area contributed by atoms with Crippen LogP contribution >= 0.6 is 23.1 Å². The zero-order valence-corrected chi connectivity index (χ0v) is 10.8. The Morgan fingerprint density at radius 2 is 2.12 bits per heavy atom. The number of ether oxygens (including phenoxy) is 1. The van der Waals surface area contributed by atoms with Crippen molar-refractivity contribution in [3.05, 3.63) is 34.9 Å². The van der Waals surface area contributed by atoms with Gasteiger partial charge in [0.15, 0.2) is 16.6 Å². The van der Waals surface area contributed by atoms with E-state index in [-0.39, 0.29) is 0 Å². The van der Waals surface area contributed by atoms with Crippen molar-refractivity contribution in [3.8, 4) is 5.75 Å². The molecule has 0 saturated heterocycles. The lowest BCUT2D eigenvalue weighted by Crippen LogP contribution is -1.99. The summed E-state index contributed by atoms with van der Waals surface area (Å²) in [6.07, 6.45) is 0. The maximum atomic E-state index is 5.81. The molecule has 0 aliphatic heterocycles. The third-order valence-corrected chi connectivity index (χ3v) is 3.30. The molecule has 17 heavy (non-hydrogen) atoms. The van der Waals surface area contributed by atoms with Crippen LogP contribution in [0.1, 0.15) is 5.56 Å². The number of hydrogen-bond donors (Lipinski definition) is 2. The van der Waals surface area contributed by atoms with E-state index in [0.29, 0.717) is 18.1 Å². The molecule has 0 atom stereocenters. The van der Waals surface area contributed by atoms with E-state index in [1.165, 1.54) is 11.5 Å². The molecule has 0 aliphatic carbocycles. The molecule has 1 heterocycles. The van der Waals surface area contributed by atoms with Crippen LogP contribution in [0.5, 0.6) is 5.75 Å². The largest absolute Gasteiger partial charge is 0.490 e. The first-order valence-corrected chi connectivity index (χ1v) is 6.13. The average molecular weight is 270 g/mol. The number of nitrogens with zero attached hydrogens (tertiary/aromatic N) is 1. The summed E-state index contributed by atoms with van der Waals surface area (Å²) in [5.74, 6) is 1.01. The summed E-state index contributed by atoms with van der Waals surface area (Å²) in [6.45, 7) is 0.676. The first-order valence-electron chi connectivity index (χ1n) is 4.98. The summed E-state index contributed by atoms with van der Waals surface area (Å²) in [4.78, 5) is 0. The summed E-state index contributed by atoms with van der Waals surface area (Å²) in [5, 5.41) is 4.79. The standard InChI is InChI=1S/C11H12ClN3OS/c1-16-9-10(13)15-17-11(9)14-6-7-2-4-8(12)5-3-7/h2-5,14H,6H2,1H3,(H2,13,15). The number of nitrogens with one attached hydrogen (secondary N) is 1. The van der Waals surface area contributed by atoms with Crippen molar-refractivity contribution in [2.45, 2.75) is 6.54 Å². The predicted molar refractivity (Wildman–Crippen MR) is 71.9 cm³/mol. The van der Waals surface area contributed by atoms with Gasteiger partial charge in [-0.25, -0.2) is 0 Å². The molecule has 0 fully saturated rings. The maximum absolute atomic E-state index is 5.81. The number of methoxy groups -OCH3 is 1. The van der Waals surface area contributed by atoms with E-state index in [0.717, 1.165) is 15.6 Å².